The van der Waals surface area contributed by atoms with Crippen LogP contribution in [0.5, 0.6) is 0 Å². The van der Waals surface area contributed by atoms with E-state index in [1.807, 2.05) is 6.07 Å². The Morgan fingerprint density at radius 1 is 1.03 bits per heavy atom. The van der Waals surface area contributed by atoms with Crippen LogP contribution in [-0.4, -0.2) is 50.0 Å². The number of hydrogen-bond acceptors (Lipinski definition) is 4. The Hall–Kier alpha value is -2.94. The van der Waals surface area contributed by atoms with Gasteiger partial charge in [0.05, 0.1) is 11.9 Å². The number of rotatable bonds is 9. The van der Waals surface area contributed by atoms with E-state index in [1.165, 1.54) is 11.0 Å². The van der Waals surface area contributed by atoms with Gasteiger partial charge in [-0.3, -0.25) is 13.9 Å². The lowest BCUT2D eigenvalue weighted by Gasteiger charge is -2.33. The summed E-state index contributed by atoms with van der Waals surface area (Å²) in [7, 11) is -3.83. The second kappa shape index (κ2) is 11.9. The van der Waals surface area contributed by atoms with E-state index in [0.29, 0.717) is 16.8 Å². The van der Waals surface area contributed by atoms with Gasteiger partial charge >= 0.3 is 0 Å². The Morgan fingerprint density at radius 2 is 1.64 bits per heavy atom. The van der Waals surface area contributed by atoms with Gasteiger partial charge in [-0.25, -0.2) is 12.8 Å². The number of carbonyl (C=O) groups is 2. The number of para-hydroxylation sites is 1. The SMILES string of the molecule is Cc1cccc(C)c1N(CC(=O)N(Cc1ccccc1F)[C@@H](C)C(=O)NC1CCCCC1)S(C)(=O)=O. The smallest absolute Gasteiger partial charge is 0.244 e. The van der Waals surface area contributed by atoms with Gasteiger partial charge in [0, 0.05) is 18.2 Å². The van der Waals surface area contributed by atoms with E-state index in [1.54, 1.807) is 51.1 Å². The minimum Gasteiger partial charge on any atom is -0.352 e. The number of benzene rings is 2. The van der Waals surface area contributed by atoms with Crippen molar-refractivity contribution in [1.82, 2.24) is 10.2 Å². The zero-order chi connectivity index (χ0) is 26.5. The molecular weight excluding hydrogens is 481 g/mol. The van der Waals surface area contributed by atoms with E-state index >= 15 is 0 Å². The fourth-order valence-corrected chi connectivity index (χ4v) is 5.70. The monoisotopic (exact) mass is 517 g/mol. The first-order chi connectivity index (χ1) is 17.0. The summed E-state index contributed by atoms with van der Waals surface area (Å²) in [6, 6.07) is 10.6. The molecular formula is C27H36FN3O4S. The molecule has 1 aliphatic rings. The van der Waals surface area contributed by atoms with Crippen molar-refractivity contribution in [2.45, 2.75) is 71.5 Å². The fourth-order valence-electron chi connectivity index (χ4n) is 4.74. The molecule has 0 unspecified atom stereocenters. The topological polar surface area (TPSA) is 86.8 Å². The van der Waals surface area contributed by atoms with Crippen molar-refractivity contribution in [3.05, 3.63) is 65.0 Å². The van der Waals surface area contributed by atoms with Crippen molar-refractivity contribution in [1.29, 1.82) is 0 Å². The Bertz CT molecular complexity index is 1180. The first-order valence-corrected chi connectivity index (χ1v) is 14.2. The summed E-state index contributed by atoms with van der Waals surface area (Å²) in [6.45, 7) is 4.50. The lowest BCUT2D eigenvalue weighted by Crippen LogP contribution is -2.53. The van der Waals surface area contributed by atoms with Gasteiger partial charge in [-0.05, 0) is 50.8 Å². The summed E-state index contributed by atoms with van der Waals surface area (Å²) in [5, 5.41) is 3.03. The Kier molecular flexibility index (Phi) is 9.11. The van der Waals surface area contributed by atoms with Crippen LogP contribution in [0.4, 0.5) is 10.1 Å². The van der Waals surface area contributed by atoms with Crippen LogP contribution in [0.1, 0.15) is 55.7 Å². The van der Waals surface area contributed by atoms with Crippen LogP contribution >= 0.6 is 0 Å². The summed E-state index contributed by atoms with van der Waals surface area (Å²) in [6.07, 6.45) is 6.03. The highest BCUT2D eigenvalue weighted by Gasteiger charge is 2.32. The van der Waals surface area contributed by atoms with E-state index in [9.17, 15) is 22.4 Å². The van der Waals surface area contributed by atoms with E-state index in [2.05, 4.69) is 5.32 Å². The average molecular weight is 518 g/mol. The number of anilines is 1. The largest absolute Gasteiger partial charge is 0.352 e. The number of hydrogen-bond donors (Lipinski definition) is 1. The van der Waals surface area contributed by atoms with Crippen LogP contribution in [0.3, 0.4) is 0 Å². The second-order valence-corrected chi connectivity index (χ2v) is 11.5. The molecule has 0 saturated heterocycles. The molecule has 0 aliphatic heterocycles. The molecule has 196 valence electrons. The van der Waals surface area contributed by atoms with E-state index < -0.39 is 34.3 Å². The van der Waals surface area contributed by atoms with E-state index in [0.717, 1.165) is 42.7 Å². The minimum absolute atomic E-state index is 0.0428. The Labute approximate surface area is 213 Å². The predicted octanol–water partition coefficient (Wildman–Crippen LogP) is 4.07. The van der Waals surface area contributed by atoms with Gasteiger partial charge in [0.15, 0.2) is 0 Å². The highest BCUT2D eigenvalue weighted by molar-refractivity contribution is 7.92. The Balaban J connectivity index is 1.92. The van der Waals surface area contributed by atoms with Crippen LogP contribution in [0, 0.1) is 19.7 Å². The molecule has 0 spiro atoms. The van der Waals surface area contributed by atoms with Crippen molar-refractivity contribution in [2.24, 2.45) is 0 Å². The molecule has 1 atom stereocenters. The molecule has 2 amide bonds. The first kappa shape index (κ1) is 27.6. The third-order valence-electron chi connectivity index (χ3n) is 6.79. The zero-order valence-electron chi connectivity index (χ0n) is 21.5. The molecule has 1 saturated carbocycles. The molecule has 3 rings (SSSR count). The number of halogens is 1. The van der Waals surface area contributed by atoms with Crippen LogP contribution in [0.2, 0.25) is 0 Å². The number of amides is 2. The molecule has 0 heterocycles. The molecule has 1 fully saturated rings. The first-order valence-electron chi connectivity index (χ1n) is 12.4. The van der Waals surface area contributed by atoms with Crippen LogP contribution in [-0.2, 0) is 26.2 Å². The van der Waals surface area contributed by atoms with Gasteiger partial charge in [-0.2, -0.15) is 0 Å². The number of nitrogens with one attached hydrogen (secondary N) is 1. The number of sulfonamides is 1. The van der Waals surface area contributed by atoms with Crippen molar-refractivity contribution >= 4 is 27.5 Å². The van der Waals surface area contributed by atoms with Gasteiger partial charge in [-0.15, -0.1) is 0 Å². The van der Waals surface area contributed by atoms with Crippen molar-refractivity contribution in [3.63, 3.8) is 0 Å². The maximum atomic E-state index is 14.5. The lowest BCUT2D eigenvalue weighted by molar-refractivity contribution is -0.139. The minimum atomic E-state index is -3.83. The zero-order valence-corrected chi connectivity index (χ0v) is 22.3. The van der Waals surface area contributed by atoms with Gasteiger partial charge in [-0.1, -0.05) is 55.7 Å². The van der Waals surface area contributed by atoms with Gasteiger partial charge in [0.2, 0.25) is 21.8 Å². The number of aryl methyl sites for hydroxylation is 2. The normalized spacial score (nSPS) is 15.2. The van der Waals surface area contributed by atoms with Crippen LogP contribution < -0.4 is 9.62 Å². The lowest BCUT2D eigenvalue weighted by atomic mass is 9.95. The molecule has 9 heteroatoms. The third kappa shape index (κ3) is 6.84. The van der Waals surface area contributed by atoms with Gasteiger partial charge < -0.3 is 10.2 Å². The molecule has 2 aromatic carbocycles. The number of carbonyl (C=O) groups excluding carboxylic acids is 2. The summed E-state index contributed by atoms with van der Waals surface area (Å²) in [4.78, 5) is 28.1. The maximum Gasteiger partial charge on any atom is 0.244 e. The molecule has 7 nitrogen and oxygen atoms in total. The summed E-state index contributed by atoms with van der Waals surface area (Å²) in [5.74, 6) is -1.41. The van der Waals surface area contributed by atoms with E-state index in [-0.39, 0.29) is 24.1 Å². The highest BCUT2D eigenvalue weighted by atomic mass is 32.2. The summed E-state index contributed by atoms with van der Waals surface area (Å²) in [5.41, 5.74) is 2.09. The predicted molar refractivity (Wildman–Crippen MR) is 140 cm³/mol. The molecule has 0 aromatic heterocycles. The molecule has 0 bridgehead atoms. The fraction of sp³-hybridized carbons (Fsp3) is 0.481. The molecule has 0 radical (unpaired) electrons. The standard InChI is InChI=1S/C27H36FN3O4S/c1-19-11-10-12-20(2)26(19)31(36(4,34)35)18-25(32)30(17-22-13-8-9-16-24(22)28)21(3)27(33)29-23-14-6-5-7-15-23/h8-13,16,21,23H,5-7,14-15,17-18H2,1-4H3,(H,29,33)/t21-/m0/s1. The summed E-state index contributed by atoms with van der Waals surface area (Å²) >= 11 is 0. The second-order valence-electron chi connectivity index (χ2n) is 9.64. The Morgan fingerprint density at radius 3 is 2.22 bits per heavy atom. The third-order valence-corrected chi connectivity index (χ3v) is 7.90. The molecule has 2 aromatic rings. The molecule has 36 heavy (non-hydrogen) atoms. The van der Waals surface area contributed by atoms with Gasteiger partial charge in [0.1, 0.15) is 18.4 Å². The quantitative estimate of drug-likeness (QED) is 0.543. The van der Waals surface area contributed by atoms with Crippen molar-refractivity contribution < 1.29 is 22.4 Å². The molecule has 1 N–H and O–H groups in total. The average Bonchev–Trinajstić information content (AvgIpc) is 2.82. The summed E-state index contributed by atoms with van der Waals surface area (Å²) < 4.78 is 41.2. The van der Waals surface area contributed by atoms with Crippen LogP contribution in [0.25, 0.3) is 0 Å². The van der Waals surface area contributed by atoms with Crippen molar-refractivity contribution in [2.75, 3.05) is 17.1 Å². The van der Waals surface area contributed by atoms with Crippen LogP contribution in [0.15, 0.2) is 42.5 Å². The number of nitrogens with zero attached hydrogens (tertiary/aromatic N) is 2. The highest BCUT2D eigenvalue weighted by Crippen LogP contribution is 2.27. The van der Waals surface area contributed by atoms with Gasteiger partial charge in [0.25, 0.3) is 0 Å². The van der Waals surface area contributed by atoms with E-state index in [4.69, 9.17) is 0 Å². The molecule has 1 aliphatic carbocycles. The maximum absolute atomic E-state index is 14.5. The van der Waals surface area contributed by atoms with Crippen molar-refractivity contribution in [3.8, 4) is 0 Å².